The van der Waals surface area contributed by atoms with Crippen LogP contribution in [0.25, 0.3) is 22.3 Å². The number of ether oxygens (including phenoxy) is 2. The molecular weight excluding hydrogens is 895 g/mol. The summed E-state index contributed by atoms with van der Waals surface area (Å²) in [5.41, 5.74) is 1.91. The summed E-state index contributed by atoms with van der Waals surface area (Å²) < 4.78 is 82.3. The molecule has 1 amide bonds. The smallest absolute Gasteiger partial charge is 0.395 e. The molecule has 64 heavy (non-hydrogen) atoms. The van der Waals surface area contributed by atoms with Gasteiger partial charge in [0.25, 0.3) is 0 Å². The van der Waals surface area contributed by atoms with Gasteiger partial charge in [0.2, 0.25) is 13.3 Å². The minimum Gasteiger partial charge on any atom is -0.495 e. The number of anilines is 1. The zero-order chi connectivity index (χ0) is 46.1. The summed E-state index contributed by atoms with van der Waals surface area (Å²) in [6, 6.07) is 8.41. The van der Waals surface area contributed by atoms with E-state index in [0.717, 1.165) is 12.8 Å². The topological polar surface area (TPSA) is 148 Å². The Balaban J connectivity index is 1.26. The van der Waals surface area contributed by atoms with Gasteiger partial charge in [-0.3, -0.25) is 18.9 Å². The number of nitrogens with one attached hydrogen (secondary N) is 1. The summed E-state index contributed by atoms with van der Waals surface area (Å²) in [6.45, 7) is 5.47. The average Bonchev–Trinajstić information content (AvgIpc) is 3.49. The van der Waals surface area contributed by atoms with E-state index < -0.39 is 79.1 Å². The lowest BCUT2D eigenvalue weighted by Crippen LogP contribution is -2.45. The number of rotatable bonds is 12. The third kappa shape index (κ3) is 10.6. The molecule has 6 atom stereocenters. The molecule has 4 heterocycles. The summed E-state index contributed by atoms with van der Waals surface area (Å²) >= 11 is 8.21. The van der Waals surface area contributed by atoms with Crippen molar-refractivity contribution < 1.29 is 50.9 Å². The Morgan fingerprint density at radius 2 is 1.81 bits per heavy atom. The van der Waals surface area contributed by atoms with Crippen LogP contribution in [-0.2, 0) is 25.1 Å². The molecule has 0 spiro atoms. The highest BCUT2D eigenvalue weighted by Gasteiger charge is 2.66. The van der Waals surface area contributed by atoms with Crippen LogP contribution in [0.2, 0.25) is 5.02 Å². The Hall–Kier alpha value is -4.11. The molecular formula is C46H54ClF4N4O7PS. The fraction of sp³-hybridized carbons (Fsp3) is 0.543. The Kier molecular flexibility index (Phi) is 14.5. The molecule has 2 N–H and O–H groups in total. The highest BCUT2D eigenvalue weighted by atomic mass is 35.5. The summed E-state index contributed by atoms with van der Waals surface area (Å²) in [7, 11) is -2.82. The highest BCUT2D eigenvalue weighted by Crippen LogP contribution is 2.75. The number of halogens is 5. The fourth-order valence-electron chi connectivity index (χ4n) is 9.51. The van der Waals surface area contributed by atoms with Gasteiger partial charge < -0.3 is 24.6 Å². The van der Waals surface area contributed by atoms with Gasteiger partial charge in [-0.05, 0) is 69.7 Å². The normalized spacial score (nSPS) is 24.4. The molecule has 2 aromatic carbocycles. The van der Waals surface area contributed by atoms with Crippen molar-refractivity contribution in [1.29, 1.82) is 0 Å². The van der Waals surface area contributed by atoms with E-state index in [4.69, 9.17) is 31.0 Å². The van der Waals surface area contributed by atoms with Crippen molar-refractivity contribution in [1.82, 2.24) is 14.9 Å². The SMILES string of the molecule is COc1ccc2c(O[C@@H]3C[C@H]4C(=O)C[C@]5(P(=O)(O)Cc6c(C)cccc6F)C[C@@H]5CCCCCCC[C@H](CC(=O)CC(F)(F)F)C(=O)N4C3)cc(-c3csc(NC(C)C)n3)nc2c1Cl. The van der Waals surface area contributed by atoms with Gasteiger partial charge in [0.1, 0.15) is 46.3 Å². The largest absolute Gasteiger partial charge is 0.495 e. The van der Waals surface area contributed by atoms with Crippen molar-refractivity contribution in [2.75, 3.05) is 19.0 Å². The zero-order valence-corrected chi connectivity index (χ0v) is 38.8. The Labute approximate surface area is 379 Å². The van der Waals surface area contributed by atoms with Crippen molar-refractivity contribution in [3.05, 3.63) is 63.7 Å². The second kappa shape index (κ2) is 19.4. The number of carbonyl (C=O) groups is 3. The van der Waals surface area contributed by atoms with Gasteiger partial charge in [-0.1, -0.05) is 55.8 Å². The molecule has 4 aromatic rings. The van der Waals surface area contributed by atoms with E-state index in [-0.39, 0.29) is 54.8 Å². The van der Waals surface area contributed by atoms with Crippen molar-refractivity contribution in [3.8, 4) is 22.9 Å². The van der Waals surface area contributed by atoms with E-state index in [1.165, 1.54) is 35.5 Å². The molecule has 0 bridgehead atoms. The predicted octanol–water partition coefficient (Wildman–Crippen LogP) is 11.1. The van der Waals surface area contributed by atoms with Crippen LogP contribution in [0.15, 0.2) is 41.8 Å². The van der Waals surface area contributed by atoms with Crippen LogP contribution in [0.4, 0.5) is 22.7 Å². The number of pyridine rings is 1. The van der Waals surface area contributed by atoms with Gasteiger partial charge in [-0.2, -0.15) is 13.2 Å². The Bertz CT molecular complexity index is 2430. The number of hydrogen-bond acceptors (Lipinski definition) is 10. The van der Waals surface area contributed by atoms with E-state index >= 15 is 4.39 Å². The van der Waals surface area contributed by atoms with Gasteiger partial charge in [-0.25, -0.2) is 14.4 Å². The van der Waals surface area contributed by atoms with E-state index in [0.29, 0.717) is 70.2 Å². The summed E-state index contributed by atoms with van der Waals surface area (Å²) in [6.07, 6.45) is -4.47. The monoisotopic (exact) mass is 948 g/mol. The van der Waals surface area contributed by atoms with E-state index in [9.17, 15) is 37.0 Å². The summed E-state index contributed by atoms with van der Waals surface area (Å²) in [5.74, 6) is -3.65. The second-order valence-electron chi connectivity index (χ2n) is 17.9. The van der Waals surface area contributed by atoms with Gasteiger partial charge in [-0.15, -0.1) is 11.3 Å². The first kappa shape index (κ1) is 47.8. The molecule has 1 aliphatic carbocycles. The van der Waals surface area contributed by atoms with Crippen LogP contribution in [0, 0.1) is 24.6 Å². The Morgan fingerprint density at radius 1 is 1.08 bits per heavy atom. The lowest BCUT2D eigenvalue weighted by Gasteiger charge is -2.30. The van der Waals surface area contributed by atoms with Crippen LogP contribution in [-0.4, -0.2) is 80.4 Å². The average molecular weight is 949 g/mol. The number of fused-ring (bicyclic) bond motifs is 3. The number of methoxy groups -OCH3 is 1. The van der Waals surface area contributed by atoms with E-state index in [1.54, 1.807) is 31.2 Å². The minimum atomic E-state index is -4.76. The van der Waals surface area contributed by atoms with E-state index in [2.05, 4.69) is 5.32 Å². The third-order valence-electron chi connectivity index (χ3n) is 12.9. The van der Waals surface area contributed by atoms with Crippen LogP contribution in [0.3, 0.4) is 0 Å². The van der Waals surface area contributed by atoms with Crippen molar-refractivity contribution in [2.45, 2.75) is 134 Å². The summed E-state index contributed by atoms with van der Waals surface area (Å²) in [5, 5.41) is 5.11. The standard InChI is InChI=1S/C46H54ClF4N4O7PS/c1-26(2)52-44-54-36(25-64-44)35-19-40(32-15-16-39(61-4)41(47)42(32)53-35)62-31-18-37-38(57)22-45(63(59,60)24-33-27(3)11-10-14-34(33)48)20-29(45)13-9-7-5-6-8-12-28(43(58)55(37)23-31)17-30(56)21-46(49,50)51/h10-11,14-16,19,25-26,28-29,31,37H,5-9,12-13,17-18,20-24H2,1-4H3,(H,52,54)(H,59,60)/t28-,29+,31-,37+,45-/m1/s1. The number of hydrogen-bond donors (Lipinski definition) is 2. The lowest BCUT2D eigenvalue weighted by atomic mass is 9.92. The quantitative estimate of drug-likeness (QED) is 0.104. The molecule has 7 rings (SSSR count). The first-order valence-electron chi connectivity index (χ1n) is 21.8. The fourth-order valence-corrected chi connectivity index (χ4v) is 13.4. The maximum absolute atomic E-state index is 15.2. The lowest BCUT2D eigenvalue weighted by molar-refractivity contribution is -0.155. The number of nitrogens with zero attached hydrogens (tertiary/aromatic N) is 3. The molecule has 1 saturated carbocycles. The van der Waals surface area contributed by atoms with Gasteiger partial charge in [0.15, 0.2) is 10.9 Å². The van der Waals surface area contributed by atoms with Crippen molar-refractivity contribution in [2.24, 2.45) is 11.8 Å². The first-order valence-corrected chi connectivity index (χ1v) is 24.9. The zero-order valence-electron chi connectivity index (χ0n) is 36.3. The number of aromatic nitrogens is 2. The molecule has 2 saturated heterocycles. The minimum absolute atomic E-state index is 0.0567. The molecule has 11 nitrogen and oxygen atoms in total. The highest BCUT2D eigenvalue weighted by molar-refractivity contribution is 7.59. The van der Waals surface area contributed by atoms with Crippen LogP contribution in [0.1, 0.15) is 102 Å². The Morgan fingerprint density at radius 3 is 2.52 bits per heavy atom. The number of aryl methyl sites for hydroxylation is 1. The molecule has 3 aliphatic rings. The third-order valence-corrected chi connectivity index (χ3v) is 16.9. The molecule has 2 aliphatic heterocycles. The van der Waals surface area contributed by atoms with Crippen LogP contribution < -0.4 is 14.8 Å². The van der Waals surface area contributed by atoms with Gasteiger partial charge in [0.05, 0.1) is 42.2 Å². The number of thiazole rings is 1. The number of Topliss-reactive ketones (excluding diaryl/α,β-unsaturated/α-hetero) is 2. The maximum atomic E-state index is 15.2. The van der Waals surface area contributed by atoms with Crippen LogP contribution >= 0.6 is 30.3 Å². The molecule has 346 valence electrons. The van der Waals surface area contributed by atoms with Crippen molar-refractivity contribution >= 4 is 63.8 Å². The second-order valence-corrected chi connectivity index (χ2v) is 21.8. The maximum Gasteiger partial charge on any atom is 0.395 e. The number of amides is 1. The number of benzene rings is 2. The molecule has 1 unspecified atom stereocenters. The predicted molar refractivity (Wildman–Crippen MR) is 239 cm³/mol. The molecule has 2 aromatic heterocycles. The van der Waals surface area contributed by atoms with Crippen LogP contribution in [0.5, 0.6) is 11.5 Å². The number of ketones is 2. The molecule has 0 radical (unpaired) electrons. The van der Waals surface area contributed by atoms with Crippen molar-refractivity contribution in [3.63, 3.8) is 0 Å². The van der Waals surface area contributed by atoms with Gasteiger partial charge >= 0.3 is 6.18 Å². The molecule has 18 heteroatoms. The number of alkyl halides is 3. The first-order chi connectivity index (χ1) is 30.3. The number of carbonyl (C=O) groups excluding carboxylic acids is 3. The summed E-state index contributed by atoms with van der Waals surface area (Å²) in [4.78, 5) is 65.3. The molecule has 3 fully saturated rings. The van der Waals surface area contributed by atoms with Gasteiger partial charge in [0, 0.05) is 53.6 Å². The van der Waals surface area contributed by atoms with E-state index in [1.807, 2.05) is 19.2 Å².